The highest BCUT2D eigenvalue weighted by atomic mass is 32.1. The third kappa shape index (κ3) is 2.76. The Morgan fingerprint density at radius 3 is 2.42 bits per heavy atom. The van der Waals surface area contributed by atoms with E-state index in [9.17, 15) is 0 Å². The molecule has 1 aromatic heterocycles. The second-order valence-electron chi connectivity index (χ2n) is 5.59. The minimum absolute atomic E-state index is 0.135. The summed E-state index contributed by atoms with van der Waals surface area (Å²) >= 11 is 1.74. The Kier molecular flexibility index (Phi) is 3.97. The van der Waals surface area contributed by atoms with Crippen molar-refractivity contribution in [3.8, 4) is 5.75 Å². The van der Waals surface area contributed by atoms with Gasteiger partial charge in [0.2, 0.25) is 0 Å². The molecule has 0 radical (unpaired) electrons. The van der Waals surface area contributed by atoms with E-state index in [2.05, 4.69) is 70.4 Å². The molecule has 0 amide bonds. The number of nitrogens with one attached hydrogen (secondary N) is 1. The number of hydrazine groups is 1. The van der Waals surface area contributed by atoms with Crippen molar-refractivity contribution in [2.45, 2.75) is 6.04 Å². The lowest BCUT2D eigenvalue weighted by atomic mass is 10.1. The molecule has 0 saturated carbocycles. The molecule has 3 nitrogen and oxygen atoms in total. The highest BCUT2D eigenvalue weighted by Gasteiger charge is 2.27. The molecule has 1 unspecified atom stereocenters. The van der Waals surface area contributed by atoms with Crippen molar-refractivity contribution < 1.29 is 4.74 Å². The topological polar surface area (TPSA) is 24.5 Å². The molecular formula is C20H18N2OS. The Morgan fingerprint density at radius 1 is 0.958 bits per heavy atom. The molecule has 120 valence electrons. The summed E-state index contributed by atoms with van der Waals surface area (Å²) in [5, 5.41) is 4.31. The van der Waals surface area contributed by atoms with Gasteiger partial charge in [0.15, 0.2) is 0 Å². The lowest BCUT2D eigenvalue weighted by Crippen LogP contribution is -2.33. The third-order valence-corrected chi connectivity index (χ3v) is 5.03. The molecule has 1 N–H and O–H groups in total. The van der Waals surface area contributed by atoms with Crippen molar-refractivity contribution >= 4 is 22.7 Å². The first kappa shape index (κ1) is 14.8. The number of para-hydroxylation sites is 1. The zero-order valence-corrected chi connectivity index (χ0v) is 14.2. The van der Waals surface area contributed by atoms with E-state index < -0.39 is 0 Å². The summed E-state index contributed by atoms with van der Waals surface area (Å²) in [6.45, 7) is 0. The number of anilines is 1. The van der Waals surface area contributed by atoms with Crippen molar-refractivity contribution in [3.63, 3.8) is 0 Å². The van der Waals surface area contributed by atoms with Crippen LogP contribution in [-0.2, 0) is 0 Å². The van der Waals surface area contributed by atoms with Gasteiger partial charge in [0.1, 0.15) is 5.75 Å². The molecule has 0 fully saturated rings. The van der Waals surface area contributed by atoms with Crippen molar-refractivity contribution in [2.24, 2.45) is 0 Å². The van der Waals surface area contributed by atoms with Crippen LogP contribution in [0.2, 0.25) is 0 Å². The maximum Gasteiger partial charge on any atom is 0.118 e. The van der Waals surface area contributed by atoms with Crippen LogP contribution in [0.3, 0.4) is 0 Å². The van der Waals surface area contributed by atoms with Gasteiger partial charge in [0.25, 0.3) is 0 Å². The highest BCUT2D eigenvalue weighted by molar-refractivity contribution is 7.11. The molecule has 2 aromatic carbocycles. The van der Waals surface area contributed by atoms with E-state index >= 15 is 0 Å². The quantitative estimate of drug-likeness (QED) is 0.737. The first-order valence-electron chi connectivity index (χ1n) is 7.86. The fourth-order valence-electron chi connectivity index (χ4n) is 2.90. The highest BCUT2D eigenvalue weighted by Crippen LogP contribution is 2.36. The zero-order chi connectivity index (χ0) is 16.4. The number of ether oxygens (including phenoxy) is 1. The van der Waals surface area contributed by atoms with Gasteiger partial charge in [0, 0.05) is 0 Å². The van der Waals surface area contributed by atoms with Gasteiger partial charge < -0.3 is 4.74 Å². The molecule has 0 spiro atoms. The van der Waals surface area contributed by atoms with Gasteiger partial charge in [-0.2, -0.15) is 0 Å². The van der Waals surface area contributed by atoms with Crippen LogP contribution in [-0.4, -0.2) is 7.11 Å². The average Bonchev–Trinajstić information content (AvgIpc) is 3.32. The van der Waals surface area contributed by atoms with E-state index in [0.717, 1.165) is 17.1 Å². The summed E-state index contributed by atoms with van der Waals surface area (Å²) in [6.07, 6.45) is 2.28. The molecule has 1 atom stereocenters. The van der Waals surface area contributed by atoms with Crippen molar-refractivity contribution in [2.75, 3.05) is 12.1 Å². The van der Waals surface area contributed by atoms with Crippen LogP contribution in [0.25, 0.3) is 5.70 Å². The third-order valence-electron chi connectivity index (χ3n) is 4.12. The molecule has 4 rings (SSSR count). The van der Waals surface area contributed by atoms with Gasteiger partial charge >= 0.3 is 0 Å². The Hall–Kier alpha value is -2.72. The van der Waals surface area contributed by atoms with E-state index in [1.165, 1.54) is 10.4 Å². The summed E-state index contributed by atoms with van der Waals surface area (Å²) in [6, 6.07) is 23.0. The van der Waals surface area contributed by atoms with E-state index in [4.69, 9.17) is 4.74 Å². The second kappa shape index (κ2) is 6.42. The fourth-order valence-corrected chi connectivity index (χ4v) is 3.60. The number of thiophene rings is 1. The predicted molar refractivity (Wildman–Crippen MR) is 100 cm³/mol. The molecule has 1 aliphatic rings. The van der Waals surface area contributed by atoms with Crippen molar-refractivity contribution in [1.29, 1.82) is 0 Å². The van der Waals surface area contributed by atoms with Crippen LogP contribution in [0.5, 0.6) is 5.75 Å². The maximum absolute atomic E-state index is 5.28. The fraction of sp³-hybridized carbons (Fsp3) is 0.100. The van der Waals surface area contributed by atoms with E-state index in [1.807, 2.05) is 18.2 Å². The number of methoxy groups -OCH3 is 1. The van der Waals surface area contributed by atoms with E-state index in [-0.39, 0.29) is 6.04 Å². The van der Waals surface area contributed by atoms with Gasteiger partial charge in [-0.3, -0.25) is 10.4 Å². The SMILES string of the molecule is COc1ccc(C2C=C(c3cccs3)NN2c2ccccc2)cc1. The van der Waals surface area contributed by atoms with Gasteiger partial charge in [-0.15, -0.1) is 11.3 Å². The van der Waals surface area contributed by atoms with E-state index in [0.29, 0.717) is 0 Å². The number of benzene rings is 2. The van der Waals surface area contributed by atoms with Crippen molar-refractivity contribution in [1.82, 2.24) is 5.43 Å². The summed E-state index contributed by atoms with van der Waals surface area (Å²) < 4.78 is 5.28. The molecule has 0 saturated heterocycles. The van der Waals surface area contributed by atoms with Crippen LogP contribution in [0, 0.1) is 0 Å². The van der Waals surface area contributed by atoms with Gasteiger partial charge in [-0.25, -0.2) is 0 Å². The smallest absolute Gasteiger partial charge is 0.118 e. The largest absolute Gasteiger partial charge is 0.497 e. The molecule has 1 aliphatic heterocycles. The predicted octanol–water partition coefficient (Wildman–Crippen LogP) is 4.86. The first-order chi connectivity index (χ1) is 11.8. The number of rotatable bonds is 4. The number of hydrogen-bond donors (Lipinski definition) is 1. The van der Waals surface area contributed by atoms with Crippen LogP contribution in [0.4, 0.5) is 5.69 Å². The first-order valence-corrected chi connectivity index (χ1v) is 8.74. The van der Waals surface area contributed by atoms with Crippen molar-refractivity contribution in [3.05, 3.63) is 88.6 Å². The molecule has 3 aromatic rings. The maximum atomic E-state index is 5.28. The number of hydrogen-bond acceptors (Lipinski definition) is 4. The zero-order valence-electron chi connectivity index (χ0n) is 13.3. The van der Waals surface area contributed by atoms with Gasteiger partial charge in [-0.1, -0.05) is 36.4 Å². The summed E-state index contributed by atoms with van der Waals surface area (Å²) in [4.78, 5) is 1.24. The normalized spacial score (nSPS) is 16.6. The minimum atomic E-state index is 0.135. The lowest BCUT2D eigenvalue weighted by Gasteiger charge is -2.27. The molecular weight excluding hydrogens is 316 g/mol. The summed E-state index contributed by atoms with van der Waals surface area (Å²) in [5.41, 5.74) is 7.07. The van der Waals surface area contributed by atoms with Crippen LogP contribution < -0.4 is 15.2 Å². The molecule has 4 heteroatoms. The van der Waals surface area contributed by atoms with Crippen LogP contribution in [0.15, 0.2) is 78.2 Å². The van der Waals surface area contributed by atoms with Gasteiger partial charge in [0.05, 0.1) is 29.4 Å². The Bertz CT molecular complexity index is 826. The summed E-state index contributed by atoms with van der Waals surface area (Å²) in [7, 11) is 1.69. The Morgan fingerprint density at radius 2 is 1.75 bits per heavy atom. The Labute approximate surface area is 145 Å². The van der Waals surface area contributed by atoms with Crippen LogP contribution >= 0.6 is 11.3 Å². The standard InChI is InChI=1S/C20H18N2OS/c1-23-17-11-9-15(10-12-17)19-14-18(20-8-5-13-24-20)21-22(19)16-6-3-2-4-7-16/h2-14,19,21H,1H3. The summed E-state index contributed by atoms with van der Waals surface area (Å²) in [5.74, 6) is 0.874. The molecule has 0 aliphatic carbocycles. The van der Waals surface area contributed by atoms with Gasteiger partial charge in [-0.05, 0) is 47.4 Å². The molecule has 2 heterocycles. The second-order valence-corrected chi connectivity index (χ2v) is 6.54. The minimum Gasteiger partial charge on any atom is -0.497 e. The van der Waals surface area contributed by atoms with Crippen LogP contribution in [0.1, 0.15) is 16.5 Å². The molecule has 0 bridgehead atoms. The number of nitrogens with zero attached hydrogens (tertiary/aromatic N) is 1. The molecule has 24 heavy (non-hydrogen) atoms. The lowest BCUT2D eigenvalue weighted by molar-refractivity contribution is 0.414. The van der Waals surface area contributed by atoms with E-state index in [1.54, 1.807) is 18.4 Å². The monoisotopic (exact) mass is 334 g/mol. The Balaban J connectivity index is 1.72. The average molecular weight is 334 g/mol.